The Kier molecular flexibility index (Phi) is 4.61. The lowest BCUT2D eigenvalue weighted by atomic mass is 9.81. The first-order valence-corrected chi connectivity index (χ1v) is 7.15. The maximum absolute atomic E-state index is 3.61. The van der Waals surface area contributed by atoms with E-state index < -0.39 is 0 Å². The summed E-state index contributed by atoms with van der Waals surface area (Å²) in [5.41, 5.74) is 3.00. The lowest BCUT2D eigenvalue weighted by molar-refractivity contribution is 0.344. The van der Waals surface area contributed by atoms with Crippen LogP contribution in [0.25, 0.3) is 0 Å². The predicted molar refractivity (Wildman–Crippen MR) is 74.5 cm³/mol. The van der Waals surface area contributed by atoms with Gasteiger partial charge in [-0.25, -0.2) is 0 Å². The van der Waals surface area contributed by atoms with Crippen LogP contribution in [-0.2, 0) is 6.42 Å². The van der Waals surface area contributed by atoms with Gasteiger partial charge in [-0.3, -0.25) is 0 Å². The Morgan fingerprint density at radius 2 is 1.88 bits per heavy atom. The lowest BCUT2D eigenvalue weighted by Gasteiger charge is -2.30. The molecule has 2 rings (SSSR count). The molecule has 0 radical (unpaired) electrons. The minimum atomic E-state index is 0.740. The number of nitrogens with one attached hydrogen (secondary N) is 1. The van der Waals surface area contributed by atoms with Crippen LogP contribution in [0, 0.1) is 0 Å². The SMILES string of the molecule is CCNC1CCCC(c2ccc(CC)cc2)C1. The molecule has 1 heteroatoms. The molecule has 0 aromatic heterocycles. The zero-order chi connectivity index (χ0) is 12.1. The number of hydrogen-bond donors (Lipinski definition) is 1. The van der Waals surface area contributed by atoms with Crippen LogP contribution in [0.4, 0.5) is 0 Å². The van der Waals surface area contributed by atoms with Gasteiger partial charge < -0.3 is 5.32 Å². The Bertz CT molecular complexity index is 326. The molecular formula is C16H25N. The molecule has 1 nitrogen and oxygen atoms in total. The fourth-order valence-corrected chi connectivity index (χ4v) is 2.99. The molecule has 1 N–H and O–H groups in total. The van der Waals surface area contributed by atoms with Gasteiger partial charge in [0, 0.05) is 6.04 Å². The molecule has 0 aliphatic heterocycles. The normalized spacial score (nSPS) is 24.8. The molecule has 0 heterocycles. The van der Waals surface area contributed by atoms with Crippen molar-refractivity contribution < 1.29 is 0 Å². The van der Waals surface area contributed by atoms with Gasteiger partial charge in [-0.05, 0) is 49.3 Å². The highest BCUT2D eigenvalue weighted by Gasteiger charge is 2.22. The van der Waals surface area contributed by atoms with E-state index in [1.807, 2.05) is 0 Å². The van der Waals surface area contributed by atoms with E-state index in [4.69, 9.17) is 0 Å². The molecule has 2 atom stereocenters. The van der Waals surface area contributed by atoms with Gasteiger partial charge in [0.1, 0.15) is 0 Å². The summed E-state index contributed by atoms with van der Waals surface area (Å²) in [7, 11) is 0. The second-order valence-corrected chi connectivity index (χ2v) is 5.21. The second kappa shape index (κ2) is 6.20. The number of rotatable bonds is 4. The van der Waals surface area contributed by atoms with E-state index in [-0.39, 0.29) is 0 Å². The van der Waals surface area contributed by atoms with E-state index in [2.05, 4.69) is 43.4 Å². The Labute approximate surface area is 106 Å². The molecule has 1 aromatic carbocycles. The third-order valence-electron chi connectivity index (χ3n) is 4.03. The first kappa shape index (κ1) is 12.6. The monoisotopic (exact) mass is 231 g/mol. The van der Waals surface area contributed by atoms with Crippen LogP contribution in [0.15, 0.2) is 24.3 Å². The molecule has 0 saturated heterocycles. The van der Waals surface area contributed by atoms with E-state index >= 15 is 0 Å². The van der Waals surface area contributed by atoms with Gasteiger partial charge in [0.2, 0.25) is 0 Å². The van der Waals surface area contributed by atoms with Crippen molar-refractivity contribution in [1.82, 2.24) is 5.32 Å². The van der Waals surface area contributed by atoms with Crippen LogP contribution in [0.3, 0.4) is 0 Å². The molecule has 1 fully saturated rings. The Balaban J connectivity index is 2.00. The molecule has 2 unspecified atom stereocenters. The van der Waals surface area contributed by atoms with E-state index in [0.717, 1.165) is 24.9 Å². The van der Waals surface area contributed by atoms with Crippen LogP contribution in [0.5, 0.6) is 0 Å². The van der Waals surface area contributed by atoms with E-state index in [9.17, 15) is 0 Å². The summed E-state index contributed by atoms with van der Waals surface area (Å²) >= 11 is 0. The number of benzene rings is 1. The summed E-state index contributed by atoms with van der Waals surface area (Å²) < 4.78 is 0. The lowest BCUT2D eigenvalue weighted by Crippen LogP contribution is -2.33. The van der Waals surface area contributed by atoms with Crippen molar-refractivity contribution >= 4 is 0 Å². The average Bonchev–Trinajstić information content (AvgIpc) is 2.40. The van der Waals surface area contributed by atoms with Crippen LogP contribution < -0.4 is 5.32 Å². The first-order chi connectivity index (χ1) is 8.33. The Morgan fingerprint density at radius 1 is 1.12 bits per heavy atom. The van der Waals surface area contributed by atoms with Crippen molar-refractivity contribution in [2.75, 3.05) is 6.54 Å². The molecule has 1 saturated carbocycles. The van der Waals surface area contributed by atoms with Crippen LogP contribution in [0.2, 0.25) is 0 Å². The topological polar surface area (TPSA) is 12.0 Å². The van der Waals surface area contributed by atoms with Crippen molar-refractivity contribution in [3.05, 3.63) is 35.4 Å². The van der Waals surface area contributed by atoms with Gasteiger partial charge in [0.05, 0.1) is 0 Å². The molecule has 0 bridgehead atoms. The van der Waals surface area contributed by atoms with Crippen molar-refractivity contribution in [1.29, 1.82) is 0 Å². The third-order valence-corrected chi connectivity index (χ3v) is 4.03. The molecule has 0 spiro atoms. The fourth-order valence-electron chi connectivity index (χ4n) is 2.99. The molecule has 94 valence electrons. The molecule has 1 aliphatic rings. The molecule has 0 amide bonds. The van der Waals surface area contributed by atoms with Gasteiger partial charge in [-0.2, -0.15) is 0 Å². The summed E-state index contributed by atoms with van der Waals surface area (Å²) in [5.74, 6) is 0.777. The minimum absolute atomic E-state index is 0.740. The predicted octanol–water partition coefficient (Wildman–Crippen LogP) is 3.88. The van der Waals surface area contributed by atoms with Crippen molar-refractivity contribution in [2.45, 2.75) is 57.9 Å². The molecule has 1 aliphatic carbocycles. The fraction of sp³-hybridized carbons (Fsp3) is 0.625. The van der Waals surface area contributed by atoms with Gasteiger partial charge in [0.25, 0.3) is 0 Å². The van der Waals surface area contributed by atoms with Crippen molar-refractivity contribution in [3.63, 3.8) is 0 Å². The quantitative estimate of drug-likeness (QED) is 0.829. The van der Waals surface area contributed by atoms with Gasteiger partial charge >= 0.3 is 0 Å². The summed E-state index contributed by atoms with van der Waals surface area (Å²) in [4.78, 5) is 0. The highest BCUT2D eigenvalue weighted by molar-refractivity contribution is 5.26. The zero-order valence-corrected chi connectivity index (χ0v) is 11.2. The smallest absolute Gasteiger partial charge is 0.00727 e. The molecule has 1 aromatic rings. The summed E-state index contributed by atoms with van der Waals surface area (Å²) in [6.45, 7) is 5.53. The zero-order valence-electron chi connectivity index (χ0n) is 11.2. The summed E-state index contributed by atoms with van der Waals surface area (Å²) in [6.07, 6.45) is 6.56. The van der Waals surface area contributed by atoms with E-state index in [0.29, 0.717) is 0 Å². The summed E-state index contributed by atoms with van der Waals surface area (Å²) in [5, 5.41) is 3.61. The van der Waals surface area contributed by atoms with Crippen LogP contribution >= 0.6 is 0 Å². The standard InChI is InChI=1S/C16H25N/c1-3-13-8-10-14(11-9-13)15-6-5-7-16(12-15)17-4-2/h8-11,15-17H,3-7,12H2,1-2H3. The van der Waals surface area contributed by atoms with Gasteiger partial charge in [0.15, 0.2) is 0 Å². The van der Waals surface area contributed by atoms with Crippen LogP contribution in [-0.4, -0.2) is 12.6 Å². The average molecular weight is 231 g/mol. The maximum atomic E-state index is 3.61. The third kappa shape index (κ3) is 3.32. The number of aryl methyl sites for hydroxylation is 1. The summed E-state index contributed by atoms with van der Waals surface area (Å²) in [6, 6.07) is 10.0. The van der Waals surface area contributed by atoms with Crippen molar-refractivity contribution in [3.8, 4) is 0 Å². The Morgan fingerprint density at radius 3 is 2.53 bits per heavy atom. The van der Waals surface area contributed by atoms with Gasteiger partial charge in [-0.15, -0.1) is 0 Å². The van der Waals surface area contributed by atoms with Crippen molar-refractivity contribution in [2.24, 2.45) is 0 Å². The largest absolute Gasteiger partial charge is 0.314 e. The van der Waals surface area contributed by atoms with Crippen LogP contribution in [0.1, 0.15) is 56.6 Å². The van der Waals surface area contributed by atoms with Gasteiger partial charge in [-0.1, -0.05) is 44.5 Å². The van der Waals surface area contributed by atoms with E-state index in [1.54, 1.807) is 5.56 Å². The Hall–Kier alpha value is -0.820. The second-order valence-electron chi connectivity index (χ2n) is 5.21. The highest BCUT2D eigenvalue weighted by Crippen LogP contribution is 2.32. The maximum Gasteiger partial charge on any atom is 0.00727 e. The molecular weight excluding hydrogens is 206 g/mol. The minimum Gasteiger partial charge on any atom is -0.314 e. The number of hydrogen-bond acceptors (Lipinski definition) is 1. The first-order valence-electron chi connectivity index (χ1n) is 7.15. The highest BCUT2D eigenvalue weighted by atomic mass is 14.9. The van der Waals surface area contributed by atoms with E-state index in [1.165, 1.54) is 31.2 Å². The molecule has 17 heavy (non-hydrogen) atoms.